The standard InChI is InChI=1S/C19H30N4O/c1-4-13-20-18(21-14-17(24)23(2)3)22-15-19(11-8-12-19)16-9-6-5-7-10-16/h5-7,9-10H,4,8,11-15H2,1-3H3,(H2,20,21,22). The van der Waals surface area contributed by atoms with Gasteiger partial charge in [0.25, 0.3) is 0 Å². The zero-order valence-electron chi connectivity index (χ0n) is 15.1. The quantitative estimate of drug-likeness (QED) is 0.595. The van der Waals surface area contributed by atoms with Crippen molar-refractivity contribution < 1.29 is 4.79 Å². The van der Waals surface area contributed by atoms with Gasteiger partial charge >= 0.3 is 0 Å². The van der Waals surface area contributed by atoms with Crippen molar-refractivity contribution in [2.45, 2.75) is 38.0 Å². The van der Waals surface area contributed by atoms with Crippen molar-refractivity contribution in [2.75, 3.05) is 33.7 Å². The van der Waals surface area contributed by atoms with Crippen LogP contribution in [0.2, 0.25) is 0 Å². The summed E-state index contributed by atoms with van der Waals surface area (Å²) in [5.41, 5.74) is 1.59. The number of rotatable bonds is 7. The van der Waals surface area contributed by atoms with Crippen LogP contribution in [-0.4, -0.2) is 50.5 Å². The van der Waals surface area contributed by atoms with Crippen LogP contribution < -0.4 is 10.6 Å². The van der Waals surface area contributed by atoms with Crippen molar-refractivity contribution in [1.29, 1.82) is 0 Å². The topological polar surface area (TPSA) is 56.7 Å². The van der Waals surface area contributed by atoms with Crippen LogP contribution in [0.15, 0.2) is 35.3 Å². The van der Waals surface area contributed by atoms with Crippen LogP contribution in [0.25, 0.3) is 0 Å². The molecule has 1 aromatic carbocycles. The third-order valence-corrected chi connectivity index (χ3v) is 4.70. The van der Waals surface area contributed by atoms with Gasteiger partial charge in [-0.25, -0.2) is 4.99 Å². The van der Waals surface area contributed by atoms with E-state index < -0.39 is 0 Å². The Morgan fingerprint density at radius 1 is 1.21 bits per heavy atom. The van der Waals surface area contributed by atoms with Crippen LogP contribution in [-0.2, 0) is 10.2 Å². The minimum absolute atomic E-state index is 0.00835. The Kier molecular flexibility index (Phi) is 6.64. The molecule has 2 N–H and O–H groups in total. The zero-order valence-corrected chi connectivity index (χ0v) is 15.1. The van der Waals surface area contributed by atoms with Gasteiger partial charge in [0, 0.05) is 32.6 Å². The predicted molar refractivity (Wildman–Crippen MR) is 99.3 cm³/mol. The minimum atomic E-state index is 0.00835. The van der Waals surface area contributed by atoms with E-state index in [1.807, 2.05) is 0 Å². The minimum Gasteiger partial charge on any atom is -0.356 e. The van der Waals surface area contributed by atoms with Crippen molar-refractivity contribution in [1.82, 2.24) is 15.5 Å². The number of benzene rings is 1. The molecule has 0 saturated heterocycles. The first-order valence-electron chi connectivity index (χ1n) is 8.85. The average Bonchev–Trinajstić information content (AvgIpc) is 2.56. The second kappa shape index (κ2) is 8.71. The van der Waals surface area contributed by atoms with Gasteiger partial charge in [0.2, 0.25) is 5.91 Å². The van der Waals surface area contributed by atoms with Crippen molar-refractivity contribution >= 4 is 11.9 Å². The largest absolute Gasteiger partial charge is 0.356 e. The molecule has 0 radical (unpaired) electrons. The van der Waals surface area contributed by atoms with Crippen LogP contribution in [0.3, 0.4) is 0 Å². The Morgan fingerprint density at radius 3 is 2.46 bits per heavy atom. The molecule has 1 fully saturated rings. The van der Waals surface area contributed by atoms with E-state index >= 15 is 0 Å². The highest BCUT2D eigenvalue weighted by Crippen LogP contribution is 2.43. The summed E-state index contributed by atoms with van der Waals surface area (Å²) in [6.45, 7) is 3.99. The third kappa shape index (κ3) is 4.73. The van der Waals surface area contributed by atoms with Crippen LogP contribution in [0.4, 0.5) is 0 Å². The van der Waals surface area contributed by atoms with E-state index in [9.17, 15) is 4.79 Å². The maximum Gasteiger partial charge on any atom is 0.243 e. The van der Waals surface area contributed by atoms with Crippen LogP contribution in [0.5, 0.6) is 0 Å². The maximum absolute atomic E-state index is 11.8. The Morgan fingerprint density at radius 2 is 1.92 bits per heavy atom. The molecular weight excluding hydrogens is 300 g/mol. The van der Waals surface area contributed by atoms with E-state index in [-0.39, 0.29) is 17.9 Å². The van der Waals surface area contributed by atoms with Crippen LogP contribution in [0.1, 0.15) is 38.2 Å². The fourth-order valence-corrected chi connectivity index (χ4v) is 2.92. The van der Waals surface area contributed by atoms with Gasteiger partial charge in [-0.2, -0.15) is 0 Å². The third-order valence-electron chi connectivity index (χ3n) is 4.70. The molecule has 0 heterocycles. The van der Waals surface area contributed by atoms with Crippen molar-refractivity contribution in [3.63, 3.8) is 0 Å². The van der Waals surface area contributed by atoms with Gasteiger partial charge < -0.3 is 15.5 Å². The number of carbonyl (C=O) groups is 1. The van der Waals surface area contributed by atoms with Crippen molar-refractivity contribution in [3.8, 4) is 0 Å². The van der Waals surface area contributed by atoms with Gasteiger partial charge in [-0.1, -0.05) is 43.7 Å². The molecule has 0 atom stereocenters. The van der Waals surface area contributed by atoms with E-state index in [1.54, 1.807) is 19.0 Å². The first-order chi connectivity index (χ1) is 11.6. The predicted octanol–water partition coefficient (Wildman–Crippen LogP) is 2.14. The lowest BCUT2D eigenvalue weighted by molar-refractivity contribution is -0.127. The summed E-state index contributed by atoms with van der Waals surface area (Å²) in [5.74, 6) is 0.739. The summed E-state index contributed by atoms with van der Waals surface area (Å²) >= 11 is 0. The molecule has 0 spiro atoms. The SMILES string of the molecule is CCCNC(=NCC(=O)N(C)C)NCC1(c2ccccc2)CCC1. The summed E-state index contributed by atoms with van der Waals surface area (Å²) < 4.78 is 0. The van der Waals surface area contributed by atoms with E-state index in [2.05, 4.69) is 52.9 Å². The fourth-order valence-electron chi connectivity index (χ4n) is 2.92. The number of hydrogen-bond donors (Lipinski definition) is 2. The lowest BCUT2D eigenvalue weighted by atomic mass is 9.64. The van der Waals surface area contributed by atoms with Gasteiger partial charge in [-0.3, -0.25) is 4.79 Å². The number of nitrogens with one attached hydrogen (secondary N) is 2. The molecule has 1 aliphatic rings. The number of amides is 1. The van der Waals surface area contributed by atoms with E-state index in [0.29, 0.717) is 0 Å². The number of aliphatic imine (C=N–C) groups is 1. The lowest BCUT2D eigenvalue weighted by Crippen LogP contribution is -2.49. The Hall–Kier alpha value is -2.04. The molecule has 1 amide bonds. The number of likely N-dealkylation sites (N-methyl/N-ethyl adjacent to an activating group) is 1. The van der Waals surface area contributed by atoms with Gasteiger partial charge in [0.1, 0.15) is 6.54 Å². The highest BCUT2D eigenvalue weighted by Gasteiger charge is 2.38. The summed E-state index contributed by atoms with van der Waals surface area (Å²) in [6, 6.07) is 10.7. The van der Waals surface area contributed by atoms with Gasteiger partial charge in [0.15, 0.2) is 5.96 Å². The number of hydrogen-bond acceptors (Lipinski definition) is 2. The highest BCUT2D eigenvalue weighted by molar-refractivity contribution is 5.84. The molecule has 24 heavy (non-hydrogen) atoms. The van der Waals surface area contributed by atoms with Crippen LogP contribution >= 0.6 is 0 Å². The molecule has 132 valence electrons. The molecule has 5 nitrogen and oxygen atoms in total. The summed E-state index contributed by atoms with van der Waals surface area (Å²) in [6.07, 6.45) is 4.68. The second-order valence-electron chi connectivity index (χ2n) is 6.73. The monoisotopic (exact) mass is 330 g/mol. The molecule has 0 unspecified atom stereocenters. The molecule has 5 heteroatoms. The molecule has 2 rings (SSSR count). The van der Waals surface area contributed by atoms with E-state index in [4.69, 9.17) is 0 Å². The molecule has 0 aliphatic heterocycles. The summed E-state index contributed by atoms with van der Waals surface area (Å²) in [7, 11) is 3.51. The number of carbonyl (C=O) groups excluding carboxylic acids is 1. The molecule has 0 bridgehead atoms. The Balaban J connectivity index is 2.00. The molecule has 0 aromatic heterocycles. The molecule has 1 aromatic rings. The zero-order chi connectivity index (χ0) is 17.4. The molecule has 1 saturated carbocycles. The smallest absolute Gasteiger partial charge is 0.243 e. The lowest BCUT2D eigenvalue weighted by Gasteiger charge is -2.43. The first-order valence-corrected chi connectivity index (χ1v) is 8.85. The number of guanidine groups is 1. The van der Waals surface area contributed by atoms with Crippen molar-refractivity contribution in [2.24, 2.45) is 4.99 Å². The summed E-state index contributed by atoms with van der Waals surface area (Å²) in [5, 5.41) is 6.76. The molecule has 1 aliphatic carbocycles. The van der Waals surface area contributed by atoms with E-state index in [1.165, 1.54) is 24.8 Å². The number of nitrogens with zero attached hydrogens (tertiary/aromatic N) is 2. The second-order valence-corrected chi connectivity index (χ2v) is 6.73. The van der Waals surface area contributed by atoms with E-state index in [0.717, 1.165) is 25.5 Å². The Labute approximate surface area is 145 Å². The Bertz CT molecular complexity index is 550. The highest BCUT2D eigenvalue weighted by atomic mass is 16.2. The average molecular weight is 330 g/mol. The van der Waals surface area contributed by atoms with Crippen molar-refractivity contribution in [3.05, 3.63) is 35.9 Å². The maximum atomic E-state index is 11.8. The fraction of sp³-hybridized carbons (Fsp3) is 0.579. The first kappa shape index (κ1) is 18.3. The van der Waals surface area contributed by atoms with Gasteiger partial charge in [0.05, 0.1) is 0 Å². The normalized spacial score (nSPS) is 16.2. The summed E-state index contributed by atoms with van der Waals surface area (Å²) in [4.78, 5) is 17.8. The van der Waals surface area contributed by atoms with Gasteiger partial charge in [-0.05, 0) is 24.8 Å². The van der Waals surface area contributed by atoms with Gasteiger partial charge in [-0.15, -0.1) is 0 Å². The van der Waals surface area contributed by atoms with Crippen LogP contribution in [0, 0.1) is 0 Å². The molecular formula is C19H30N4O.